The van der Waals surface area contributed by atoms with Crippen molar-refractivity contribution in [2.45, 2.75) is 13.0 Å². The van der Waals surface area contributed by atoms with Crippen LogP contribution in [-0.4, -0.2) is 11.1 Å². The lowest BCUT2D eigenvalue weighted by molar-refractivity contribution is 0.0696. The highest BCUT2D eigenvalue weighted by atomic mass is 16.5. The van der Waals surface area contributed by atoms with E-state index < -0.39 is 5.97 Å². The fraction of sp³-hybridized carbons (Fsp3) is 0.133. The fourth-order valence-electron chi connectivity index (χ4n) is 1.70. The Morgan fingerprint density at radius 3 is 2.50 bits per heavy atom. The number of carboxylic acid groups (broad SMARTS) is 1. The molecule has 2 rings (SSSR count). The summed E-state index contributed by atoms with van der Waals surface area (Å²) in [5.41, 5.74) is 1.12. The molecule has 18 heavy (non-hydrogen) atoms. The molecule has 0 heterocycles. The molecule has 1 unspecified atom stereocenters. The molecule has 1 atom stereocenters. The van der Waals surface area contributed by atoms with Crippen LogP contribution in [-0.2, 0) is 0 Å². The molecule has 3 heteroatoms. The van der Waals surface area contributed by atoms with Gasteiger partial charge in [0.2, 0.25) is 0 Å². The summed E-state index contributed by atoms with van der Waals surface area (Å²) in [5.74, 6) is -0.158. The van der Waals surface area contributed by atoms with Crippen molar-refractivity contribution in [1.29, 1.82) is 0 Å². The summed E-state index contributed by atoms with van der Waals surface area (Å²) in [7, 11) is 0. The van der Waals surface area contributed by atoms with Gasteiger partial charge in [0.05, 0.1) is 5.56 Å². The van der Waals surface area contributed by atoms with Gasteiger partial charge in [-0.1, -0.05) is 30.3 Å². The standard InChI is InChI=1S/C15H14O3/c1-11(18-14-8-3-2-4-9-14)12-6-5-7-13(10-12)15(16)17/h2-11H,1H3,(H,16,17). The van der Waals surface area contributed by atoms with Gasteiger partial charge < -0.3 is 9.84 Å². The zero-order valence-electron chi connectivity index (χ0n) is 10.0. The number of rotatable bonds is 4. The number of carboxylic acids is 1. The predicted molar refractivity (Wildman–Crippen MR) is 68.9 cm³/mol. The molecule has 0 aliphatic carbocycles. The Bertz CT molecular complexity index is 534. The summed E-state index contributed by atoms with van der Waals surface area (Å²) in [5, 5.41) is 8.94. The summed E-state index contributed by atoms with van der Waals surface area (Å²) in [6.45, 7) is 1.90. The van der Waals surface area contributed by atoms with Gasteiger partial charge in [-0.25, -0.2) is 4.79 Å². The van der Waals surface area contributed by atoms with E-state index in [1.807, 2.05) is 43.3 Å². The number of aromatic carboxylic acids is 1. The van der Waals surface area contributed by atoms with E-state index in [2.05, 4.69) is 0 Å². The number of benzene rings is 2. The van der Waals surface area contributed by atoms with Crippen molar-refractivity contribution in [2.75, 3.05) is 0 Å². The molecule has 2 aromatic rings. The molecule has 0 saturated heterocycles. The van der Waals surface area contributed by atoms with Crippen molar-refractivity contribution < 1.29 is 14.6 Å². The van der Waals surface area contributed by atoms with Crippen molar-refractivity contribution >= 4 is 5.97 Å². The smallest absolute Gasteiger partial charge is 0.335 e. The fourth-order valence-corrected chi connectivity index (χ4v) is 1.70. The third-order valence-corrected chi connectivity index (χ3v) is 2.66. The van der Waals surface area contributed by atoms with Crippen LogP contribution in [0.5, 0.6) is 5.75 Å². The minimum atomic E-state index is -0.927. The Hall–Kier alpha value is -2.29. The Balaban J connectivity index is 2.16. The van der Waals surface area contributed by atoms with Crippen LogP contribution in [0.1, 0.15) is 28.9 Å². The van der Waals surface area contributed by atoms with Gasteiger partial charge in [0, 0.05) is 0 Å². The summed E-state index contributed by atoms with van der Waals surface area (Å²) in [6.07, 6.45) is -0.188. The highest BCUT2D eigenvalue weighted by molar-refractivity contribution is 5.87. The molecule has 3 nitrogen and oxygen atoms in total. The van der Waals surface area contributed by atoms with Crippen LogP contribution in [0.3, 0.4) is 0 Å². The Labute approximate surface area is 106 Å². The van der Waals surface area contributed by atoms with Gasteiger partial charge in [0.15, 0.2) is 0 Å². The normalized spacial score (nSPS) is 11.8. The zero-order valence-corrected chi connectivity index (χ0v) is 10.0. The number of carbonyl (C=O) groups is 1. The lowest BCUT2D eigenvalue weighted by Crippen LogP contribution is -2.05. The van der Waals surface area contributed by atoms with Crippen LogP contribution in [0.4, 0.5) is 0 Å². The van der Waals surface area contributed by atoms with Crippen molar-refractivity contribution in [2.24, 2.45) is 0 Å². The van der Waals surface area contributed by atoms with Crippen LogP contribution in [0.25, 0.3) is 0 Å². The molecule has 0 aliphatic rings. The van der Waals surface area contributed by atoms with Crippen LogP contribution < -0.4 is 4.74 Å². The number of para-hydroxylation sites is 1. The maximum Gasteiger partial charge on any atom is 0.335 e. The summed E-state index contributed by atoms with van der Waals surface area (Å²) in [6, 6.07) is 16.3. The molecule has 0 bridgehead atoms. The van der Waals surface area contributed by atoms with Gasteiger partial charge in [0.25, 0.3) is 0 Å². The average molecular weight is 242 g/mol. The SMILES string of the molecule is CC(Oc1ccccc1)c1cccc(C(=O)O)c1. The molecule has 0 fully saturated rings. The van der Waals surface area contributed by atoms with Crippen LogP contribution in [0.15, 0.2) is 54.6 Å². The number of hydrogen-bond acceptors (Lipinski definition) is 2. The first-order valence-electron chi connectivity index (χ1n) is 5.72. The first-order valence-corrected chi connectivity index (χ1v) is 5.72. The Kier molecular flexibility index (Phi) is 3.63. The van der Waals surface area contributed by atoms with E-state index in [0.717, 1.165) is 11.3 Å². The largest absolute Gasteiger partial charge is 0.486 e. The molecule has 1 N–H and O–H groups in total. The van der Waals surface area contributed by atoms with Crippen molar-refractivity contribution in [3.05, 3.63) is 65.7 Å². The lowest BCUT2D eigenvalue weighted by Gasteiger charge is -2.15. The predicted octanol–water partition coefficient (Wildman–Crippen LogP) is 3.52. The van der Waals surface area contributed by atoms with E-state index in [9.17, 15) is 4.79 Å². The summed E-state index contributed by atoms with van der Waals surface area (Å²) in [4.78, 5) is 10.9. The first kappa shape index (κ1) is 12.2. The molecule has 0 aromatic heterocycles. The molecular weight excluding hydrogens is 228 g/mol. The van der Waals surface area contributed by atoms with Gasteiger partial charge in [-0.3, -0.25) is 0 Å². The lowest BCUT2D eigenvalue weighted by atomic mass is 10.1. The van der Waals surface area contributed by atoms with Gasteiger partial charge in [0.1, 0.15) is 11.9 Å². The molecule has 0 aliphatic heterocycles. The van der Waals surface area contributed by atoms with Gasteiger partial charge in [-0.2, -0.15) is 0 Å². The van der Waals surface area contributed by atoms with Crippen molar-refractivity contribution in [3.8, 4) is 5.75 Å². The Morgan fingerprint density at radius 2 is 1.83 bits per heavy atom. The van der Waals surface area contributed by atoms with E-state index in [-0.39, 0.29) is 11.7 Å². The quantitative estimate of drug-likeness (QED) is 0.892. The highest BCUT2D eigenvalue weighted by Crippen LogP contribution is 2.21. The van der Waals surface area contributed by atoms with E-state index in [1.165, 1.54) is 0 Å². The van der Waals surface area contributed by atoms with Crippen LogP contribution in [0, 0.1) is 0 Å². The third-order valence-electron chi connectivity index (χ3n) is 2.66. The van der Waals surface area contributed by atoms with Crippen LogP contribution in [0.2, 0.25) is 0 Å². The first-order chi connectivity index (χ1) is 8.66. The Morgan fingerprint density at radius 1 is 1.11 bits per heavy atom. The molecule has 92 valence electrons. The van der Waals surface area contributed by atoms with Gasteiger partial charge in [-0.05, 0) is 36.8 Å². The molecule has 0 saturated carbocycles. The minimum Gasteiger partial charge on any atom is -0.486 e. The second kappa shape index (κ2) is 5.36. The maximum atomic E-state index is 10.9. The average Bonchev–Trinajstić information content (AvgIpc) is 2.40. The highest BCUT2D eigenvalue weighted by Gasteiger charge is 2.10. The van der Waals surface area contributed by atoms with E-state index >= 15 is 0 Å². The number of hydrogen-bond donors (Lipinski definition) is 1. The molecule has 0 radical (unpaired) electrons. The van der Waals surface area contributed by atoms with Crippen molar-refractivity contribution in [1.82, 2.24) is 0 Å². The monoisotopic (exact) mass is 242 g/mol. The second-order valence-electron chi connectivity index (χ2n) is 4.00. The molecule has 0 amide bonds. The summed E-state index contributed by atoms with van der Waals surface area (Å²) >= 11 is 0. The third kappa shape index (κ3) is 2.88. The van der Waals surface area contributed by atoms with Crippen molar-refractivity contribution in [3.63, 3.8) is 0 Å². The topological polar surface area (TPSA) is 46.5 Å². The van der Waals surface area contributed by atoms with E-state index in [0.29, 0.717) is 0 Å². The van der Waals surface area contributed by atoms with E-state index in [1.54, 1.807) is 18.2 Å². The number of ether oxygens (including phenoxy) is 1. The summed E-state index contributed by atoms with van der Waals surface area (Å²) < 4.78 is 5.74. The molecule has 2 aromatic carbocycles. The maximum absolute atomic E-state index is 10.9. The second-order valence-corrected chi connectivity index (χ2v) is 4.00. The van der Waals surface area contributed by atoms with Gasteiger partial charge >= 0.3 is 5.97 Å². The molecule has 0 spiro atoms. The van der Waals surface area contributed by atoms with Gasteiger partial charge in [-0.15, -0.1) is 0 Å². The van der Waals surface area contributed by atoms with Crippen LogP contribution >= 0.6 is 0 Å². The molecular formula is C15H14O3. The van der Waals surface area contributed by atoms with E-state index in [4.69, 9.17) is 9.84 Å². The zero-order chi connectivity index (χ0) is 13.0. The minimum absolute atomic E-state index is 0.188.